The van der Waals surface area contributed by atoms with Crippen molar-refractivity contribution < 1.29 is 0 Å². The van der Waals surface area contributed by atoms with Crippen molar-refractivity contribution in [3.05, 3.63) is 51.5 Å². The van der Waals surface area contributed by atoms with Crippen LogP contribution >= 0.6 is 27.5 Å². The van der Waals surface area contributed by atoms with Gasteiger partial charge in [-0.3, -0.25) is 0 Å². The zero-order chi connectivity index (χ0) is 15.7. The predicted octanol–water partition coefficient (Wildman–Crippen LogP) is 3.82. The first-order valence-corrected chi connectivity index (χ1v) is 7.71. The molecule has 0 saturated heterocycles. The van der Waals surface area contributed by atoms with Crippen LogP contribution in [0.15, 0.2) is 40.9 Å². The van der Waals surface area contributed by atoms with E-state index in [0.717, 1.165) is 15.7 Å². The van der Waals surface area contributed by atoms with E-state index in [1.807, 2.05) is 36.4 Å². The first-order chi connectivity index (χ1) is 10.5. The van der Waals surface area contributed by atoms with Crippen molar-refractivity contribution in [2.75, 3.05) is 16.8 Å². The van der Waals surface area contributed by atoms with Crippen molar-refractivity contribution in [2.45, 2.75) is 6.54 Å². The number of hydrogen-bond donors (Lipinski definition) is 3. The number of anilines is 3. The summed E-state index contributed by atoms with van der Waals surface area (Å²) in [6, 6.07) is 11.7. The van der Waals surface area contributed by atoms with E-state index in [0.29, 0.717) is 22.5 Å². The predicted molar refractivity (Wildman–Crippen MR) is 94.8 cm³/mol. The molecule has 112 valence electrons. The molecule has 0 fully saturated rings. The number of nitrogens with zero attached hydrogens (tertiary/aromatic N) is 2. The Labute approximate surface area is 140 Å². The first-order valence-electron chi connectivity index (χ1n) is 6.54. The SMILES string of the molecule is Nc1nc(N)c2c(Cl)c(NCc3cccc(Br)c3)ccc2n1. The summed E-state index contributed by atoms with van der Waals surface area (Å²) in [6.45, 7) is 0.639. The maximum absolute atomic E-state index is 6.42. The smallest absolute Gasteiger partial charge is 0.222 e. The molecule has 1 aromatic heterocycles. The van der Waals surface area contributed by atoms with Crippen molar-refractivity contribution in [2.24, 2.45) is 0 Å². The Morgan fingerprint density at radius 3 is 2.73 bits per heavy atom. The molecule has 1 heterocycles. The molecule has 0 bridgehead atoms. The molecule has 0 unspecified atom stereocenters. The summed E-state index contributed by atoms with van der Waals surface area (Å²) in [4.78, 5) is 8.10. The summed E-state index contributed by atoms with van der Waals surface area (Å²) < 4.78 is 1.03. The highest BCUT2D eigenvalue weighted by atomic mass is 79.9. The van der Waals surface area contributed by atoms with E-state index in [1.54, 1.807) is 0 Å². The van der Waals surface area contributed by atoms with Crippen molar-refractivity contribution in [1.29, 1.82) is 0 Å². The molecule has 7 heteroatoms. The fourth-order valence-electron chi connectivity index (χ4n) is 2.21. The van der Waals surface area contributed by atoms with Gasteiger partial charge in [-0.15, -0.1) is 0 Å². The van der Waals surface area contributed by atoms with Crippen LogP contribution < -0.4 is 16.8 Å². The van der Waals surface area contributed by atoms with Crippen LogP contribution in [0.2, 0.25) is 5.02 Å². The van der Waals surface area contributed by atoms with Crippen LogP contribution in [0.4, 0.5) is 17.5 Å². The fraction of sp³-hybridized carbons (Fsp3) is 0.0667. The topological polar surface area (TPSA) is 89.8 Å². The van der Waals surface area contributed by atoms with Gasteiger partial charge in [0, 0.05) is 11.0 Å². The molecule has 0 saturated carbocycles. The molecule has 0 spiro atoms. The zero-order valence-electron chi connectivity index (χ0n) is 11.5. The Kier molecular flexibility index (Phi) is 4.04. The summed E-state index contributed by atoms with van der Waals surface area (Å²) in [5.41, 5.74) is 14.0. The lowest BCUT2D eigenvalue weighted by Gasteiger charge is -2.12. The Balaban J connectivity index is 1.93. The Morgan fingerprint density at radius 1 is 1.14 bits per heavy atom. The molecule has 2 aromatic carbocycles. The number of rotatable bonds is 3. The summed E-state index contributed by atoms with van der Waals surface area (Å²) in [6.07, 6.45) is 0. The summed E-state index contributed by atoms with van der Waals surface area (Å²) in [5, 5.41) is 4.39. The van der Waals surface area contributed by atoms with E-state index >= 15 is 0 Å². The highest BCUT2D eigenvalue weighted by Crippen LogP contribution is 2.33. The third kappa shape index (κ3) is 2.93. The monoisotopic (exact) mass is 377 g/mol. The molecular formula is C15H13BrClN5. The molecule has 0 aliphatic rings. The normalized spacial score (nSPS) is 10.8. The van der Waals surface area contributed by atoms with E-state index < -0.39 is 0 Å². The van der Waals surface area contributed by atoms with Crippen LogP contribution in [0.3, 0.4) is 0 Å². The van der Waals surface area contributed by atoms with Gasteiger partial charge >= 0.3 is 0 Å². The van der Waals surface area contributed by atoms with Crippen LogP contribution in [0, 0.1) is 0 Å². The second-order valence-electron chi connectivity index (χ2n) is 4.77. The minimum absolute atomic E-state index is 0.135. The minimum Gasteiger partial charge on any atom is -0.383 e. The van der Waals surface area contributed by atoms with Gasteiger partial charge in [-0.1, -0.05) is 39.7 Å². The number of fused-ring (bicyclic) bond motifs is 1. The van der Waals surface area contributed by atoms with Gasteiger partial charge in [-0.2, -0.15) is 4.98 Å². The lowest BCUT2D eigenvalue weighted by molar-refractivity contribution is 1.15. The van der Waals surface area contributed by atoms with Crippen molar-refractivity contribution in [3.8, 4) is 0 Å². The molecule has 3 rings (SSSR count). The molecule has 5 N–H and O–H groups in total. The number of hydrogen-bond acceptors (Lipinski definition) is 5. The maximum atomic E-state index is 6.42. The maximum Gasteiger partial charge on any atom is 0.222 e. The van der Waals surface area contributed by atoms with Crippen LogP contribution in [0.25, 0.3) is 10.9 Å². The fourth-order valence-corrected chi connectivity index (χ4v) is 2.98. The first kappa shape index (κ1) is 14.9. The molecule has 0 atom stereocenters. The second-order valence-corrected chi connectivity index (χ2v) is 6.07. The number of benzene rings is 2. The van der Waals surface area contributed by atoms with Gasteiger partial charge in [0.1, 0.15) is 5.82 Å². The van der Waals surface area contributed by atoms with Gasteiger partial charge < -0.3 is 16.8 Å². The summed E-state index contributed by atoms with van der Waals surface area (Å²) >= 11 is 9.88. The van der Waals surface area contributed by atoms with Crippen molar-refractivity contribution >= 4 is 55.9 Å². The molecule has 0 radical (unpaired) electrons. The van der Waals surface area contributed by atoms with E-state index in [4.69, 9.17) is 23.1 Å². The third-order valence-electron chi connectivity index (χ3n) is 3.22. The van der Waals surface area contributed by atoms with Gasteiger partial charge in [0.05, 0.1) is 21.6 Å². The molecule has 0 aliphatic carbocycles. The number of halogens is 2. The lowest BCUT2D eigenvalue weighted by atomic mass is 10.2. The van der Waals surface area contributed by atoms with E-state index in [2.05, 4.69) is 31.2 Å². The van der Waals surface area contributed by atoms with Gasteiger partial charge in [-0.05, 0) is 29.8 Å². The molecular weight excluding hydrogens is 366 g/mol. The van der Waals surface area contributed by atoms with Crippen LogP contribution in [-0.4, -0.2) is 9.97 Å². The highest BCUT2D eigenvalue weighted by Gasteiger charge is 2.11. The number of aromatic nitrogens is 2. The standard InChI is InChI=1S/C15H13BrClN5/c16-9-3-1-2-8(6-9)7-20-11-5-4-10-12(13(11)17)14(18)22-15(19)21-10/h1-6,20H,7H2,(H4,18,19,21,22). The number of nitrogen functional groups attached to an aromatic ring is 2. The largest absolute Gasteiger partial charge is 0.383 e. The summed E-state index contributed by atoms with van der Waals surface area (Å²) in [7, 11) is 0. The van der Waals surface area contributed by atoms with Gasteiger partial charge in [0.25, 0.3) is 0 Å². The van der Waals surface area contributed by atoms with Crippen molar-refractivity contribution in [3.63, 3.8) is 0 Å². The molecule has 5 nitrogen and oxygen atoms in total. The number of nitrogens with one attached hydrogen (secondary N) is 1. The number of nitrogens with two attached hydrogens (primary N) is 2. The molecule has 22 heavy (non-hydrogen) atoms. The van der Waals surface area contributed by atoms with Crippen LogP contribution in [0.5, 0.6) is 0 Å². The lowest BCUT2D eigenvalue weighted by Crippen LogP contribution is -2.03. The average molecular weight is 379 g/mol. The van der Waals surface area contributed by atoms with E-state index in [9.17, 15) is 0 Å². The Morgan fingerprint density at radius 2 is 1.95 bits per heavy atom. The van der Waals surface area contributed by atoms with Crippen LogP contribution in [0.1, 0.15) is 5.56 Å². The van der Waals surface area contributed by atoms with Crippen LogP contribution in [-0.2, 0) is 6.54 Å². The minimum atomic E-state index is 0.135. The average Bonchev–Trinajstić information content (AvgIpc) is 2.46. The second kappa shape index (κ2) is 5.98. The Hall–Kier alpha value is -2.05. The van der Waals surface area contributed by atoms with Gasteiger partial charge in [-0.25, -0.2) is 4.98 Å². The quantitative estimate of drug-likeness (QED) is 0.644. The Bertz CT molecular complexity index is 853. The van der Waals surface area contributed by atoms with Crippen molar-refractivity contribution in [1.82, 2.24) is 9.97 Å². The zero-order valence-corrected chi connectivity index (χ0v) is 13.8. The summed E-state index contributed by atoms with van der Waals surface area (Å²) in [5.74, 6) is 0.412. The molecule has 0 amide bonds. The molecule has 3 aromatic rings. The highest BCUT2D eigenvalue weighted by molar-refractivity contribution is 9.10. The molecule has 0 aliphatic heterocycles. The van der Waals surface area contributed by atoms with E-state index in [1.165, 1.54) is 0 Å². The van der Waals surface area contributed by atoms with Gasteiger partial charge in [0.2, 0.25) is 5.95 Å². The van der Waals surface area contributed by atoms with E-state index in [-0.39, 0.29) is 11.8 Å². The third-order valence-corrected chi connectivity index (χ3v) is 4.10. The van der Waals surface area contributed by atoms with Gasteiger partial charge in [0.15, 0.2) is 0 Å².